The van der Waals surface area contributed by atoms with E-state index >= 15 is 0 Å². The predicted octanol–water partition coefficient (Wildman–Crippen LogP) is 4.61. The van der Waals surface area contributed by atoms with Gasteiger partial charge in [-0.3, -0.25) is 4.79 Å². The van der Waals surface area contributed by atoms with Gasteiger partial charge in [0.1, 0.15) is 5.58 Å². The third-order valence-corrected chi connectivity index (χ3v) is 3.82. The summed E-state index contributed by atoms with van der Waals surface area (Å²) < 4.78 is 5.69. The average molecular weight is 279 g/mol. The van der Waals surface area contributed by atoms with Crippen LogP contribution >= 0.6 is 0 Å². The lowest BCUT2D eigenvalue weighted by atomic mass is 10.1. The number of carbonyl (C=O) groups excluding carboxylic acids is 1. The van der Waals surface area contributed by atoms with Crippen molar-refractivity contribution in [3.05, 3.63) is 64.9 Å². The predicted molar refractivity (Wildman–Crippen MR) is 84.8 cm³/mol. The Bertz CT molecular complexity index is 830. The van der Waals surface area contributed by atoms with Crippen LogP contribution in [-0.4, -0.2) is 5.91 Å². The van der Waals surface area contributed by atoms with Crippen molar-refractivity contribution < 1.29 is 9.21 Å². The Balaban J connectivity index is 1.94. The molecule has 1 amide bonds. The smallest absolute Gasteiger partial charge is 0.291 e. The van der Waals surface area contributed by atoms with Crippen molar-refractivity contribution in [3.8, 4) is 0 Å². The second-order valence-electron chi connectivity index (χ2n) is 5.31. The summed E-state index contributed by atoms with van der Waals surface area (Å²) in [5, 5.41) is 3.86. The normalized spacial score (nSPS) is 10.8. The highest BCUT2D eigenvalue weighted by atomic mass is 16.3. The lowest BCUT2D eigenvalue weighted by molar-refractivity contribution is 0.0998. The van der Waals surface area contributed by atoms with E-state index in [9.17, 15) is 4.79 Å². The van der Waals surface area contributed by atoms with Gasteiger partial charge in [0.25, 0.3) is 5.91 Å². The summed E-state index contributed by atoms with van der Waals surface area (Å²) in [6.07, 6.45) is 0. The highest BCUT2D eigenvalue weighted by Crippen LogP contribution is 2.24. The number of fused-ring (bicyclic) bond motifs is 1. The van der Waals surface area contributed by atoms with Crippen molar-refractivity contribution in [1.82, 2.24) is 0 Å². The zero-order chi connectivity index (χ0) is 15.0. The molecule has 21 heavy (non-hydrogen) atoms. The number of hydrogen-bond donors (Lipinski definition) is 1. The second kappa shape index (κ2) is 5.09. The van der Waals surface area contributed by atoms with Gasteiger partial charge >= 0.3 is 0 Å². The van der Waals surface area contributed by atoms with Gasteiger partial charge in [-0.05, 0) is 49.6 Å². The molecule has 0 fully saturated rings. The van der Waals surface area contributed by atoms with Gasteiger partial charge in [0.15, 0.2) is 5.76 Å². The van der Waals surface area contributed by atoms with Crippen LogP contribution in [-0.2, 0) is 0 Å². The van der Waals surface area contributed by atoms with Crippen LogP contribution in [0.1, 0.15) is 27.2 Å². The van der Waals surface area contributed by atoms with E-state index in [2.05, 4.69) is 5.32 Å². The molecule has 2 aromatic carbocycles. The van der Waals surface area contributed by atoms with E-state index in [1.807, 2.05) is 57.2 Å². The van der Waals surface area contributed by atoms with Crippen molar-refractivity contribution in [2.45, 2.75) is 20.8 Å². The molecule has 0 unspecified atom stereocenters. The molecule has 3 nitrogen and oxygen atoms in total. The van der Waals surface area contributed by atoms with Crippen LogP contribution in [0.4, 0.5) is 5.69 Å². The standard InChI is InChI=1S/C18H17NO2/c1-11-6-5-9-15(13(11)3)19-18(20)16-10-14-8-4-7-12(2)17(14)21-16/h4-10H,1-3H3,(H,19,20). The summed E-state index contributed by atoms with van der Waals surface area (Å²) >= 11 is 0. The average Bonchev–Trinajstić information content (AvgIpc) is 2.89. The van der Waals surface area contributed by atoms with Crippen LogP contribution in [0.3, 0.4) is 0 Å². The Kier molecular flexibility index (Phi) is 3.26. The van der Waals surface area contributed by atoms with E-state index < -0.39 is 0 Å². The molecule has 0 aliphatic carbocycles. The molecule has 3 rings (SSSR count). The van der Waals surface area contributed by atoms with E-state index in [4.69, 9.17) is 4.42 Å². The topological polar surface area (TPSA) is 42.2 Å². The molecule has 3 heteroatoms. The van der Waals surface area contributed by atoms with Crippen molar-refractivity contribution in [2.24, 2.45) is 0 Å². The number of aryl methyl sites for hydroxylation is 2. The first-order valence-electron chi connectivity index (χ1n) is 6.93. The number of carbonyl (C=O) groups is 1. The first-order chi connectivity index (χ1) is 10.1. The minimum Gasteiger partial charge on any atom is -0.451 e. The quantitative estimate of drug-likeness (QED) is 0.744. The lowest BCUT2D eigenvalue weighted by Crippen LogP contribution is -2.12. The van der Waals surface area contributed by atoms with Gasteiger partial charge in [-0.25, -0.2) is 0 Å². The maximum Gasteiger partial charge on any atom is 0.291 e. The second-order valence-corrected chi connectivity index (χ2v) is 5.31. The molecular weight excluding hydrogens is 262 g/mol. The maximum absolute atomic E-state index is 12.4. The van der Waals surface area contributed by atoms with E-state index in [1.54, 1.807) is 6.07 Å². The van der Waals surface area contributed by atoms with E-state index in [0.717, 1.165) is 33.3 Å². The van der Waals surface area contributed by atoms with Gasteiger partial charge in [-0.2, -0.15) is 0 Å². The number of rotatable bonds is 2. The molecule has 0 aliphatic rings. The first kappa shape index (κ1) is 13.4. The van der Waals surface area contributed by atoms with Crippen molar-refractivity contribution >= 4 is 22.6 Å². The fraction of sp³-hybridized carbons (Fsp3) is 0.167. The first-order valence-corrected chi connectivity index (χ1v) is 6.93. The van der Waals surface area contributed by atoms with E-state index in [1.165, 1.54) is 0 Å². The summed E-state index contributed by atoms with van der Waals surface area (Å²) in [7, 11) is 0. The Labute approximate surface area is 123 Å². The molecule has 0 saturated heterocycles. The molecule has 0 radical (unpaired) electrons. The third-order valence-electron chi connectivity index (χ3n) is 3.82. The number of benzene rings is 2. The van der Waals surface area contributed by atoms with Gasteiger partial charge in [0.2, 0.25) is 0 Å². The fourth-order valence-electron chi connectivity index (χ4n) is 2.39. The Morgan fingerprint density at radius 2 is 1.71 bits per heavy atom. The van der Waals surface area contributed by atoms with Crippen molar-refractivity contribution in [2.75, 3.05) is 5.32 Å². The molecule has 106 valence electrons. The number of furan rings is 1. The van der Waals surface area contributed by atoms with Gasteiger partial charge in [-0.1, -0.05) is 30.3 Å². The molecule has 3 aromatic rings. The summed E-state index contributed by atoms with van der Waals surface area (Å²) in [6.45, 7) is 5.99. The summed E-state index contributed by atoms with van der Waals surface area (Å²) in [4.78, 5) is 12.4. The molecule has 1 heterocycles. The molecular formula is C18H17NO2. The Morgan fingerprint density at radius 3 is 2.48 bits per heavy atom. The highest BCUT2D eigenvalue weighted by molar-refractivity contribution is 6.05. The Hall–Kier alpha value is -2.55. The molecule has 0 spiro atoms. The largest absolute Gasteiger partial charge is 0.451 e. The van der Waals surface area contributed by atoms with Gasteiger partial charge in [0.05, 0.1) is 0 Å². The monoisotopic (exact) mass is 279 g/mol. The van der Waals surface area contributed by atoms with Crippen molar-refractivity contribution in [1.29, 1.82) is 0 Å². The SMILES string of the molecule is Cc1cccc(NC(=O)c2cc3cccc(C)c3o2)c1C. The number of nitrogens with one attached hydrogen (secondary N) is 1. The zero-order valence-corrected chi connectivity index (χ0v) is 12.4. The van der Waals surface area contributed by atoms with Crippen molar-refractivity contribution in [3.63, 3.8) is 0 Å². The Morgan fingerprint density at radius 1 is 1.00 bits per heavy atom. The highest BCUT2D eigenvalue weighted by Gasteiger charge is 2.14. The van der Waals surface area contributed by atoms with Crippen LogP contribution in [0.15, 0.2) is 46.9 Å². The maximum atomic E-state index is 12.4. The van der Waals surface area contributed by atoms with Gasteiger partial charge in [0, 0.05) is 11.1 Å². The third kappa shape index (κ3) is 2.42. The molecule has 0 aliphatic heterocycles. The van der Waals surface area contributed by atoms with Crippen LogP contribution in [0.25, 0.3) is 11.0 Å². The number of amides is 1. The summed E-state index contributed by atoms with van der Waals surface area (Å²) in [6, 6.07) is 13.5. The minimum absolute atomic E-state index is 0.223. The van der Waals surface area contributed by atoms with Crippen LogP contribution in [0.5, 0.6) is 0 Å². The molecule has 1 aromatic heterocycles. The summed E-state index contributed by atoms with van der Waals surface area (Å²) in [5.74, 6) is 0.111. The van der Waals surface area contributed by atoms with Crippen LogP contribution < -0.4 is 5.32 Å². The minimum atomic E-state index is -0.223. The molecule has 0 bridgehead atoms. The number of anilines is 1. The molecule has 0 atom stereocenters. The fourth-order valence-corrected chi connectivity index (χ4v) is 2.39. The number of para-hydroxylation sites is 1. The zero-order valence-electron chi connectivity index (χ0n) is 12.4. The molecule has 1 N–H and O–H groups in total. The number of hydrogen-bond acceptors (Lipinski definition) is 2. The van der Waals surface area contributed by atoms with E-state index in [-0.39, 0.29) is 5.91 Å². The van der Waals surface area contributed by atoms with Gasteiger partial charge < -0.3 is 9.73 Å². The van der Waals surface area contributed by atoms with E-state index in [0.29, 0.717) is 5.76 Å². The van der Waals surface area contributed by atoms with Crippen LogP contribution in [0, 0.1) is 20.8 Å². The van der Waals surface area contributed by atoms with Crippen LogP contribution in [0.2, 0.25) is 0 Å². The summed E-state index contributed by atoms with van der Waals surface area (Å²) in [5.41, 5.74) is 4.82. The van der Waals surface area contributed by atoms with Gasteiger partial charge in [-0.15, -0.1) is 0 Å². The molecule has 0 saturated carbocycles. The lowest BCUT2D eigenvalue weighted by Gasteiger charge is -2.08.